The zero-order valence-electron chi connectivity index (χ0n) is 9.43. The van der Waals surface area contributed by atoms with Gasteiger partial charge in [-0.3, -0.25) is 5.10 Å². The fourth-order valence-electron chi connectivity index (χ4n) is 1.80. The molecule has 2 aromatic rings. The van der Waals surface area contributed by atoms with Crippen LogP contribution in [-0.4, -0.2) is 16.7 Å². The van der Waals surface area contributed by atoms with Gasteiger partial charge in [-0.15, -0.1) is 0 Å². The van der Waals surface area contributed by atoms with Gasteiger partial charge in [0.05, 0.1) is 5.69 Å². The maximum Gasteiger partial charge on any atom is 0.132 e. The number of aromatic nitrogens is 2. The summed E-state index contributed by atoms with van der Waals surface area (Å²) in [5.74, 6) is -0.334. The van der Waals surface area contributed by atoms with E-state index in [-0.39, 0.29) is 5.82 Å². The lowest BCUT2D eigenvalue weighted by atomic mass is 10.0. The number of aromatic amines is 1. The molecule has 2 rings (SSSR count). The minimum atomic E-state index is -0.334. The van der Waals surface area contributed by atoms with Gasteiger partial charge in [0.15, 0.2) is 0 Å². The van der Waals surface area contributed by atoms with E-state index in [4.69, 9.17) is 17.3 Å². The summed E-state index contributed by atoms with van der Waals surface area (Å²) in [4.78, 5) is 0. The minimum absolute atomic E-state index is 0.334. The van der Waals surface area contributed by atoms with E-state index in [0.717, 1.165) is 11.3 Å². The van der Waals surface area contributed by atoms with Crippen molar-refractivity contribution in [2.24, 2.45) is 5.73 Å². The topological polar surface area (TPSA) is 54.7 Å². The summed E-state index contributed by atoms with van der Waals surface area (Å²) < 4.78 is 13.7. The SMILES string of the molecule is Cc1[nH]nc(-c2cc(Cl)ccc2F)c1CCN. The third-order valence-electron chi connectivity index (χ3n) is 2.65. The third kappa shape index (κ3) is 2.33. The molecule has 0 aliphatic heterocycles. The van der Waals surface area contributed by atoms with Crippen molar-refractivity contribution in [3.8, 4) is 11.3 Å². The van der Waals surface area contributed by atoms with E-state index in [1.807, 2.05) is 6.92 Å². The summed E-state index contributed by atoms with van der Waals surface area (Å²) in [6.45, 7) is 2.39. The standard InChI is InChI=1S/C12H13ClFN3/c1-7-9(4-5-15)12(17-16-7)10-6-8(13)2-3-11(10)14/h2-3,6H,4-5,15H2,1H3,(H,16,17). The molecule has 0 radical (unpaired) electrons. The normalized spacial score (nSPS) is 10.8. The summed E-state index contributed by atoms with van der Waals surface area (Å²) in [5.41, 5.74) is 8.39. The minimum Gasteiger partial charge on any atom is -0.330 e. The van der Waals surface area contributed by atoms with Crippen molar-refractivity contribution < 1.29 is 4.39 Å². The average Bonchev–Trinajstić information content (AvgIpc) is 2.65. The van der Waals surface area contributed by atoms with Crippen LogP contribution >= 0.6 is 11.6 Å². The van der Waals surface area contributed by atoms with Gasteiger partial charge in [-0.05, 0) is 38.1 Å². The van der Waals surface area contributed by atoms with Crippen LogP contribution in [0.3, 0.4) is 0 Å². The number of nitrogens with one attached hydrogen (secondary N) is 1. The highest BCUT2D eigenvalue weighted by molar-refractivity contribution is 6.30. The number of aryl methyl sites for hydroxylation is 1. The molecular formula is C12H13ClFN3. The van der Waals surface area contributed by atoms with E-state index >= 15 is 0 Å². The number of halogens is 2. The highest BCUT2D eigenvalue weighted by Gasteiger charge is 2.15. The van der Waals surface area contributed by atoms with Gasteiger partial charge in [0.2, 0.25) is 0 Å². The number of rotatable bonds is 3. The number of hydrogen-bond acceptors (Lipinski definition) is 2. The molecule has 1 aromatic heterocycles. The average molecular weight is 254 g/mol. The number of benzene rings is 1. The van der Waals surface area contributed by atoms with Crippen LogP contribution in [0.5, 0.6) is 0 Å². The van der Waals surface area contributed by atoms with Gasteiger partial charge >= 0.3 is 0 Å². The lowest BCUT2D eigenvalue weighted by Gasteiger charge is -2.04. The van der Waals surface area contributed by atoms with E-state index < -0.39 is 0 Å². The van der Waals surface area contributed by atoms with Crippen molar-refractivity contribution in [2.75, 3.05) is 6.54 Å². The Morgan fingerprint density at radius 1 is 1.47 bits per heavy atom. The van der Waals surface area contributed by atoms with Gasteiger partial charge in [-0.1, -0.05) is 11.6 Å². The molecule has 0 bridgehead atoms. The largest absolute Gasteiger partial charge is 0.330 e. The molecule has 3 nitrogen and oxygen atoms in total. The smallest absolute Gasteiger partial charge is 0.132 e. The summed E-state index contributed by atoms with van der Waals surface area (Å²) >= 11 is 5.87. The van der Waals surface area contributed by atoms with E-state index in [1.165, 1.54) is 12.1 Å². The quantitative estimate of drug-likeness (QED) is 0.884. The first kappa shape index (κ1) is 12.1. The fraction of sp³-hybridized carbons (Fsp3) is 0.250. The zero-order valence-corrected chi connectivity index (χ0v) is 10.2. The molecule has 0 saturated heterocycles. The van der Waals surface area contributed by atoms with Crippen molar-refractivity contribution in [1.82, 2.24) is 10.2 Å². The van der Waals surface area contributed by atoms with Crippen molar-refractivity contribution >= 4 is 11.6 Å². The predicted molar refractivity (Wildman–Crippen MR) is 66.5 cm³/mol. The van der Waals surface area contributed by atoms with Gasteiger partial charge in [0.1, 0.15) is 5.82 Å². The Bertz CT molecular complexity index is 537. The lowest BCUT2D eigenvalue weighted by molar-refractivity contribution is 0.630. The molecule has 1 aromatic carbocycles. The molecule has 5 heteroatoms. The van der Waals surface area contributed by atoms with Gasteiger partial charge in [-0.2, -0.15) is 5.10 Å². The van der Waals surface area contributed by atoms with Crippen LogP contribution in [0.1, 0.15) is 11.3 Å². The van der Waals surface area contributed by atoms with Gasteiger partial charge in [0, 0.05) is 21.8 Å². The second-order valence-corrected chi connectivity index (χ2v) is 4.28. The maximum atomic E-state index is 13.7. The van der Waals surface area contributed by atoms with Crippen LogP contribution in [0, 0.1) is 12.7 Å². The first-order valence-corrected chi connectivity index (χ1v) is 5.70. The molecular weight excluding hydrogens is 241 g/mol. The fourth-order valence-corrected chi connectivity index (χ4v) is 1.98. The Morgan fingerprint density at radius 2 is 2.24 bits per heavy atom. The Balaban J connectivity index is 2.56. The summed E-state index contributed by atoms with van der Waals surface area (Å²) in [6.07, 6.45) is 0.656. The Hall–Kier alpha value is -1.39. The molecule has 90 valence electrons. The Labute approximate surface area is 104 Å². The Morgan fingerprint density at radius 3 is 2.94 bits per heavy atom. The second-order valence-electron chi connectivity index (χ2n) is 3.84. The summed E-state index contributed by atoms with van der Waals surface area (Å²) in [6, 6.07) is 4.43. The third-order valence-corrected chi connectivity index (χ3v) is 2.89. The van der Waals surface area contributed by atoms with Gasteiger partial charge in [-0.25, -0.2) is 4.39 Å². The van der Waals surface area contributed by atoms with Crippen molar-refractivity contribution in [2.45, 2.75) is 13.3 Å². The highest BCUT2D eigenvalue weighted by atomic mass is 35.5. The van der Waals surface area contributed by atoms with Gasteiger partial charge < -0.3 is 5.73 Å². The monoisotopic (exact) mass is 253 g/mol. The van der Waals surface area contributed by atoms with Crippen LogP contribution < -0.4 is 5.73 Å². The maximum absolute atomic E-state index is 13.7. The predicted octanol–water partition coefficient (Wildman–Crippen LogP) is 2.68. The molecule has 3 N–H and O–H groups in total. The van der Waals surface area contributed by atoms with Gasteiger partial charge in [0.25, 0.3) is 0 Å². The molecule has 0 aliphatic carbocycles. The van der Waals surface area contributed by atoms with Crippen LogP contribution in [-0.2, 0) is 6.42 Å². The highest BCUT2D eigenvalue weighted by Crippen LogP contribution is 2.28. The molecule has 0 unspecified atom stereocenters. The number of nitrogens with two attached hydrogens (primary N) is 1. The van der Waals surface area contributed by atoms with Crippen LogP contribution in [0.4, 0.5) is 4.39 Å². The molecule has 17 heavy (non-hydrogen) atoms. The van der Waals surface area contributed by atoms with Crippen LogP contribution in [0.2, 0.25) is 5.02 Å². The van der Waals surface area contributed by atoms with E-state index in [2.05, 4.69) is 10.2 Å². The van der Waals surface area contributed by atoms with Crippen LogP contribution in [0.15, 0.2) is 18.2 Å². The second kappa shape index (κ2) is 4.85. The molecule has 1 heterocycles. The lowest BCUT2D eigenvalue weighted by Crippen LogP contribution is -2.04. The molecule has 0 fully saturated rings. The number of nitrogens with zero attached hydrogens (tertiary/aromatic N) is 1. The molecule has 0 amide bonds. The zero-order chi connectivity index (χ0) is 12.4. The molecule has 0 aliphatic rings. The first-order chi connectivity index (χ1) is 8.13. The van der Waals surface area contributed by atoms with E-state index in [1.54, 1.807) is 6.07 Å². The number of hydrogen-bond donors (Lipinski definition) is 2. The molecule has 0 saturated carbocycles. The van der Waals surface area contributed by atoms with E-state index in [0.29, 0.717) is 29.2 Å². The summed E-state index contributed by atoms with van der Waals surface area (Å²) in [7, 11) is 0. The van der Waals surface area contributed by atoms with Crippen molar-refractivity contribution in [3.05, 3.63) is 40.3 Å². The Kier molecular flexibility index (Phi) is 3.45. The van der Waals surface area contributed by atoms with E-state index in [9.17, 15) is 4.39 Å². The van der Waals surface area contributed by atoms with Crippen molar-refractivity contribution in [3.63, 3.8) is 0 Å². The molecule has 0 atom stereocenters. The first-order valence-electron chi connectivity index (χ1n) is 5.33. The molecule has 0 spiro atoms. The summed E-state index contributed by atoms with van der Waals surface area (Å²) in [5, 5.41) is 7.47. The van der Waals surface area contributed by atoms with Crippen LogP contribution in [0.25, 0.3) is 11.3 Å². The number of H-pyrrole nitrogens is 1. The van der Waals surface area contributed by atoms with Crippen molar-refractivity contribution in [1.29, 1.82) is 0 Å².